The van der Waals surface area contributed by atoms with Crippen LogP contribution in [0.15, 0.2) is 48.5 Å². The molecule has 124 valence electrons. The van der Waals surface area contributed by atoms with Crippen LogP contribution in [-0.2, 0) is 6.42 Å². The Hall–Kier alpha value is -1.31. The third-order valence-corrected chi connectivity index (χ3v) is 5.58. The number of hydrogen-bond donors (Lipinski definition) is 0. The normalized spacial score (nSPS) is 11.6. The molecule has 3 aromatic rings. The summed E-state index contributed by atoms with van der Waals surface area (Å²) in [4.78, 5) is 18.5. The molecule has 0 N–H and O–H groups in total. The van der Waals surface area contributed by atoms with Gasteiger partial charge in [0.15, 0.2) is 0 Å². The third-order valence-electron chi connectivity index (χ3n) is 3.52. The van der Waals surface area contributed by atoms with E-state index < -0.39 is 0 Å². The number of rotatable bonds is 5. The second kappa shape index (κ2) is 7.72. The lowest BCUT2D eigenvalue weighted by atomic mass is 10.2. The highest BCUT2D eigenvalue weighted by atomic mass is 79.9. The predicted molar refractivity (Wildman–Crippen MR) is 107 cm³/mol. The van der Waals surface area contributed by atoms with Gasteiger partial charge in [-0.3, -0.25) is 4.79 Å². The summed E-state index contributed by atoms with van der Waals surface area (Å²) in [6.07, 6.45) is 4.44. The zero-order valence-corrected chi connectivity index (χ0v) is 17.0. The highest BCUT2D eigenvalue weighted by molar-refractivity contribution is 9.11. The van der Waals surface area contributed by atoms with Crippen molar-refractivity contribution in [3.63, 3.8) is 0 Å². The molecular weight excluding hydrogens is 454 g/mol. The van der Waals surface area contributed by atoms with Gasteiger partial charge in [0.1, 0.15) is 5.82 Å². The summed E-state index contributed by atoms with van der Waals surface area (Å²) in [5.74, 6) is 0.698. The maximum atomic E-state index is 12.9. The highest BCUT2D eigenvalue weighted by Gasteiger charge is 2.10. The van der Waals surface area contributed by atoms with Crippen LogP contribution < -0.4 is 5.56 Å². The van der Waals surface area contributed by atoms with Crippen LogP contribution in [-0.4, -0.2) is 15.9 Å². The Balaban J connectivity index is 2.13. The first kappa shape index (κ1) is 17.5. The van der Waals surface area contributed by atoms with E-state index in [9.17, 15) is 4.79 Å². The number of nitrogens with zero attached hydrogens (tertiary/aromatic N) is 3. The van der Waals surface area contributed by atoms with Gasteiger partial charge in [-0.2, -0.15) is 9.78 Å². The molecule has 0 unspecified atom stereocenters. The maximum absolute atomic E-state index is 12.9. The van der Waals surface area contributed by atoms with Crippen LogP contribution in [0.5, 0.6) is 0 Å². The first-order valence-corrected chi connectivity index (χ1v) is 9.99. The largest absolute Gasteiger partial charge is 0.282 e. The monoisotopic (exact) mass is 467 g/mol. The van der Waals surface area contributed by atoms with Crippen molar-refractivity contribution in [3.05, 3.63) is 59.6 Å². The van der Waals surface area contributed by atoms with Gasteiger partial charge in [0, 0.05) is 15.8 Å². The predicted octanol–water partition coefficient (Wildman–Crippen LogP) is 5.21. The van der Waals surface area contributed by atoms with Crippen LogP contribution in [0.25, 0.3) is 10.9 Å². The molecule has 4 nitrogen and oxygen atoms in total. The molecule has 0 spiro atoms. The van der Waals surface area contributed by atoms with Crippen LogP contribution >= 0.6 is 43.2 Å². The Morgan fingerprint density at radius 3 is 2.83 bits per heavy atom. The Kier molecular flexibility index (Phi) is 5.63. The number of benzene rings is 1. The number of fused-ring (bicyclic) bond motifs is 1. The van der Waals surface area contributed by atoms with Crippen molar-refractivity contribution in [1.82, 2.24) is 9.66 Å². The number of aryl methyl sites for hydroxylation is 1. The standard InChI is InChI=1S/C17H15Br2N3OS/c1-2-3-4-16-21-14-7-5-11(18)9-13(14)17(23)22(16)20-10-12-6-8-15(19)24-12/h5-10H,2-4H2,1H3. The van der Waals surface area contributed by atoms with Crippen LogP contribution in [0.1, 0.15) is 30.5 Å². The molecular formula is C17H15Br2N3OS. The van der Waals surface area contributed by atoms with Crippen molar-refractivity contribution in [3.8, 4) is 0 Å². The van der Waals surface area contributed by atoms with E-state index in [1.54, 1.807) is 23.6 Å². The van der Waals surface area contributed by atoms with E-state index in [0.29, 0.717) is 16.7 Å². The number of aromatic nitrogens is 2. The lowest BCUT2D eigenvalue weighted by Gasteiger charge is -2.09. The summed E-state index contributed by atoms with van der Waals surface area (Å²) < 4.78 is 3.31. The molecule has 0 bridgehead atoms. The molecule has 3 rings (SSSR count). The third kappa shape index (κ3) is 3.84. The molecule has 0 saturated carbocycles. The molecule has 0 amide bonds. The molecule has 0 saturated heterocycles. The topological polar surface area (TPSA) is 47.2 Å². The van der Waals surface area contributed by atoms with E-state index in [0.717, 1.165) is 32.4 Å². The zero-order chi connectivity index (χ0) is 17.1. The quantitative estimate of drug-likeness (QED) is 0.482. The molecule has 0 radical (unpaired) electrons. The van der Waals surface area contributed by atoms with Crippen molar-refractivity contribution in [2.45, 2.75) is 26.2 Å². The molecule has 0 fully saturated rings. The van der Waals surface area contributed by atoms with Gasteiger partial charge in [0.05, 0.1) is 20.9 Å². The van der Waals surface area contributed by atoms with Gasteiger partial charge < -0.3 is 0 Å². The van der Waals surface area contributed by atoms with E-state index in [2.05, 4.69) is 48.9 Å². The van der Waals surface area contributed by atoms with E-state index >= 15 is 0 Å². The maximum Gasteiger partial charge on any atom is 0.282 e. The zero-order valence-electron chi connectivity index (χ0n) is 13.0. The fourth-order valence-electron chi connectivity index (χ4n) is 2.32. The first-order chi connectivity index (χ1) is 11.6. The average molecular weight is 469 g/mol. The molecule has 7 heteroatoms. The van der Waals surface area contributed by atoms with E-state index in [1.807, 2.05) is 24.3 Å². The second-order valence-electron chi connectivity index (χ2n) is 5.30. The summed E-state index contributed by atoms with van der Waals surface area (Å²) in [7, 11) is 0. The van der Waals surface area contributed by atoms with Crippen LogP contribution in [0, 0.1) is 0 Å². The molecule has 0 aliphatic carbocycles. The molecule has 24 heavy (non-hydrogen) atoms. The van der Waals surface area contributed by atoms with Gasteiger partial charge in [0.25, 0.3) is 5.56 Å². The first-order valence-electron chi connectivity index (χ1n) is 7.59. The molecule has 1 aromatic carbocycles. The van der Waals surface area contributed by atoms with E-state index in [-0.39, 0.29) is 5.56 Å². The number of thiophene rings is 1. The van der Waals surface area contributed by atoms with Crippen molar-refractivity contribution >= 4 is 60.3 Å². The summed E-state index contributed by atoms with van der Waals surface area (Å²) >= 11 is 8.41. The van der Waals surface area contributed by atoms with Crippen LogP contribution in [0.3, 0.4) is 0 Å². The minimum absolute atomic E-state index is 0.140. The molecule has 0 atom stereocenters. The van der Waals surface area contributed by atoms with Gasteiger partial charge in [0.2, 0.25) is 0 Å². The lowest BCUT2D eigenvalue weighted by molar-refractivity contribution is 0.675. The number of unbranched alkanes of at least 4 members (excludes halogenated alkanes) is 1. The fraction of sp³-hybridized carbons (Fsp3) is 0.235. The van der Waals surface area contributed by atoms with Gasteiger partial charge in [-0.1, -0.05) is 29.3 Å². The van der Waals surface area contributed by atoms with E-state index in [1.165, 1.54) is 4.68 Å². The van der Waals surface area contributed by atoms with Crippen molar-refractivity contribution in [2.24, 2.45) is 5.10 Å². The molecule has 0 aliphatic heterocycles. The van der Waals surface area contributed by atoms with Crippen molar-refractivity contribution in [2.75, 3.05) is 0 Å². The summed E-state index contributed by atoms with van der Waals surface area (Å²) in [5.41, 5.74) is 0.568. The number of halogens is 2. The average Bonchev–Trinajstić information content (AvgIpc) is 2.98. The Bertz CT molecular complexity index is 962. The van der Waals surface area contributed by atoms with Crippen LogP contribution in [0.4, 0.5) is 0 Å². The van der Waals surface area contributed by atoms with E-state index in [4.69, 9.17) is 0 Å². The second-order valence-corrected chi connectivity index (χ2v) is 8.71. The Morgan fingerprint density at radius 2 is 2.12 bits per heavy atom. The Morgan fingerprint density at radius 1 is 1.29 bits per heavy atom. The summed E-state index contributed by atoms with van der Waals surface area (Å²) in [6, 6.07) is 9.47. The summed E-state index contributed by atoms with van der Waals surface area (Å²) in [5, 5.41) is 4.98. The SMILES string of the molecule is CCCCc1nc2ccc(Br)cc2c(=O)n1N=Cc1ccc(Br)s1. The minimum Gasteiger partial charge on any atom is -0.267 e. The van der Waals surface area contributed by atoms with Gasteiger partial charge in [-0.15, -0.1) is 11.3 Å². The summed E-state index contributed by atoms with van der Waals surface area (Å²) in [6.45, 7) is 2.12. The highest BCUT2D eigenvalue weighted by Crippen LogP contribution is 2.21. The number of hydrogen-bond acceptors (Lipinski definition) is 4. The molecule has 0 aliphatic rings. The van der Waals surface area contributed by atoms with Crippen molar-refractivity contribution < 1.29 is 0 Å². The molecule has 2 heterocycles. The lowest BCUT2D eigenvalue weighted by Crippen LogP contribution is -2.22. The fourth-order valence-corrected chi connectivity index (χ4v) is 3.97. The van der Waals surface area contributed by atoms with Crippen molar-refractivity contribution in [1.29, 1.82) is 0 Å². The Labute approximate surface area is 160 Å². The van der Waals surface area contributed by atoms with Gasteiger partial charge in [-0.05, 0) is 52.7 Å². The van der Waals surface area contributed by atoms with Crippen LogP contribution in [0.2, 0.25) is 0 Å². The smallest absolute Gasteiger partial charge is 0.267 e. The molecule has 2 aromatic heterocycles. The van der Waals surface area contributed by atoms with Gasteiger partial charge in [-0.25, -0.2) is 4.98 Å². The minimum atomic E-state index is -0.140. The van der Waals surface area contributed by atoms with Gasteiger partial charge >= 0.3 is 0 Å².